The average Bonchev–Trinajstić information content (AvgIpc) is 3.40. The fraction of sp³-hybridized carbons (Fsp3) is 0.444. The molecule has 2 aromatic carbocycles. The van der Waals surface area contributed by atoms with Gasteiger partial charge in [-0.3, -0.25) is 14.4 Å². The largest absolute Gasteiger partial charge is 0.356 e. The number of piperidine rings is 1. The molecular formula is C27H31N3O3S. The molecule has 2 aliphatic heterocycles. The van der Waals surface area contributed by atoms with Crippen LogP contribution in [0.4, 0.5) is 4.79 Å². The smallest absolute Gasteiger partial charge is 0.279 e. The predicted molar refractivity (Wildman–Crippen MR) is 133 cm³/mol. The molecule has 2 atom stereocenters. The summed E-state index contributed by atoms with van der Waals surface area (Å²) in [6.07, 6.45) is 3.49. The predicted octanol–water partition coefficient (Wildman–Crippen LogP) is 3.78. The van der Waals surface area contributed by atoms with Crippen molar-refractivity contribution in [2.45, 2.75) is 37.6 Å². The summed E-state index contributed by atoms with van der Waals surface area (Å²) in [4.78, 5) is 38.9. The number of nitrogens with zero attached hydrogens (tertiary/aromatic N) is 1. The van der Waals surface area contributed by atoms with Gasteiger partial charge in [-0.15, -0.1) is 0 Å². The van der Waals surface area contributed by atoms with Crippen molar-refractivity contribution in [3.05, 3.63) is 71.8 Å². The Bertz CT molecular complexity index is 998. The topological polar surface area (TPSA) is 78.5 Å². The molecule has 2 N–H and O–H groups in total. The molecule has 2 aromatic rings. The molecule has 3 fully saturated rings. The molecule has 1 saturated carbocycles. The fourth-order valence-corrected chi connectivity index (χ4v) is 6.31. The maximum Gasteiger partial charge on any atom is 0.279 e. The van der Waals surface area contributed by atoms with Gasteiger partial charge in [0.2, 0.25) is 11.8 Å². The highest BCUT2D eigenvalue weighted by Crippen LogP contribution is 2.59. The van der Waals surface area contributed by atoms with E-state index in [1.54, 1.807) is 0 Å². The molecule has 1 aliphatic carbocycles. The van der Waals surface area contributed by atoms with Gasteiger partial charge in [0.25, 0.3) is 5.24 Å². The third-order valence-corrected chi connectivity index (χ3v) is 8.56. The van der Waals surface area contributed by atoms with Crippen LogP contribution in [-0.2, 0) is 9.59 Å². The lowest BCUT2D eigenvalue weighted by molar-refractivity contribution is -0.134. The molecule has 6 nitrogen and oxygen atoms in total. The van der Waals surface area contributed by atoms with E-state index in [9.17, 15) is 14.4 Å². The van der Waals surface area contributed by atoms with E-state index in [4.69, 9.17) is 0 Å². The van der Waals surface area contributed by atoms with Crippen molar-refractivity contribution in [1.82, 2.24) is 15.5 Å². The van der Waals surface area contributed by atoms with E-state index in [2.05, 4.69) is 59.2 Å². The quantitative estimate of drug-likeness (QED) is 0.636. The summed E-state index contributed by atoms with van der Waals surface area (Å²) in [6, 6.07) is 20.5. The number of rotatable bonds is 7. The minimum absolute atomic E-state index is 0.0164. The molecule has 2 heterocycles. The van der Waals surface area contributed by atoms with Crippen molar-refractivity contribution in [3.63, 3.8) is 0 Å². The van der Waals surface area contributed by atoms with Crippen molar-refractivity contribution in [1.29, 1.82) is 0 Å². The van der Waals surface area contributed by atoms with Gasteiger partial charge in [0.05, 0.1) is 0 Å². The Balaban J connectivity index is 1.11. The molecule has 34 heavy (non-hydrogen) atoms. The van der Waals surface area contributed by atoms with Gasteiger partial charge in [0.1, 0.15) is 6.04 Å². The van der Waals surface area contributed by atoms with E-state index in [0.29, 0.717) is 25.4 Å². The monoisotopic (exact) mass is 477 g/mol. The van der Waals surface area contributed by atoms with Crippen LogP contribution >= 0.6 is 11.8 Å². The average molecular weight is 478 g/mol. The lowest BCUT2D eigenvalue weighted by atomic mass is 9.88. The number of carbonyl (C=O) groups is 3. The third-order valence-electron chi connectivity index (χ3n) is 7.68. The first kappa shape index (κ1) is 23.0. The maximum absolute atomic E-state index is 13.0. The first-order valence-electron chi connectivity index (χ1n) is 12.2. The van der Waals surface area contributed by atoms with Gasteiger partial charge in [-0.1, -0.05) is 72.4 Å². The minimum atomic E-state index is -0.396. The van der Waals surface area contributed by atoms with Crippen LogP contribution in [0.2, 0.25) is 0 Å². The van der Waals surface area contributed by atoms with E-state index < -0.39 is 6.04 Å². The number of hydrogen-bond acceptors (Lipinski definition) is 4. The highest BCUT2D eigenvalue weighted by atomic mass is 32.2. The van der Waals surface area contributed by atoms with E-state index in [1.165, 1.54) is 22.9 Å². The number of benzene rings is 2. The van der Waals surface area contributed by atoms with Crippen molar-refractivity contribution in [3.8, 4) is 0 Å². The number of likely N-dealkylation sites (tertiary alicyclic amines) is 1. The molecule has 1 spiro atoms. The SMILES string of the molecule is O=C1N[C@H](C(=O)N2CCC3(CC2)CC3C(=O)NCCC(c2ccccc2)c2ccccc2)CS1. The van der Waals surface area contributed by atoms with Crippen LogP contribution in [0.5, 0.6) is 0 Å². The summed E-state index contributed by atoms with van der Waals surface area (Å²) in [5.74, 6) is 0.983. The Morgan fingerprint density at radius 3 is 2.21 bits per heavy atom. The molecule has 0 radical (unpaired) electrons. The molecule has 5 rings (SSSR count). The fourth-order valence-electron chi connectivity index (χ4n) is 5.54. The summed E-state index contributed by atoms with van der Waals surface area (Å²) < 4.78 is 0. The normalized spacial score (nSPS) is 23.1. The summed E-state index contributed by atoms with van der Waals surface area (Å²) in [7, 11) is 0. The standard InChI is InChI=1S/C27H31N3O3S/c31-24(28-14-11-21(19-7-3-1-4-8-19)20-9-5-2-6-10-20)22-17-27(22)12-15-30(16-13-27)25(32)23-18-34-26(33)29-23/h1-10,21-23H,11-18H2,(H,28,31)(H,29,33)/t22?,23-/m0/s1. The number of hydrogen-bond donors (Lipinski definition) is 2. The molecular weight excluding hydrogens is 446 g/mol. The molecule has 0 bridgehead atoms. The molecule has 7 heteroatoms. The number of thioether (sulfide) groups is 1. The van der Waals surface area contributed by atoms with Gasteiger partial charge < -0.3 is 15.5 Å². The van der Waals surface area contributed by atoms with Crippen LogP contribution in [0.3, 0.4) is 0 Å². The van der Waals surface area contributed by atoms with Crippen LogP contribution in [0.15, 0.2) is 60.7 Å². The molecule has 1 unspecified atom stereocenters. The van der Waals surface area contributed by atoms with Crippen molar-refractivity contribution in [2.24, 2.45) is 11.3 Å². The summed E-state index contributed by atoms with van der Waals surface area (Å²) in [5, 5.41) is 5.82. The summed E-state index contributed by atoms with van der Waals surface area (Å²) in [5.41, 5.74) is 2.58. The van der Waals surface area contributed by atoms with Crippen LogP contribution in [0, 0.1) is 11.3 Å². The van der Waals surface area contributed by atoms with Gasteiger partial charge in [0.15, 0.2) is 0 Å². The molecule has 3 aliphatic rings. The molecule has 2 saturated heterocycles. The Kier molecular flexibility index (Phi) is 6.63. The first-order valence-corrected chi connectivity index (χ1v) is 13.1. The lowest BCUT2D eigenvalue weighted by Gasteiger charge is -2.34. The van der Waals surface area contributed by atoms with E-state index >= 15 is 0 Å². The van der Waals surface area contributed by atoms with Crippen LogP contribution in [-0.4, -0.2) is 53.4 Å². The van der Waals surface area contributed by atoms with Gasteiger partial charge in [-0.25, -0.2) is 0 Å². The third kappa shape index (κ3) is 4.85. The zero-order valence-electron chi connectivity index (χ0n) is 19.2. The Morgan fingerprint density at radius 2 is 1.65 bits per heavy atom. The van der Waals surface area contributed by atoms with Crippen molar-refractivity contribution >= 4 is 28.8 Å². The van der Waals surface area contributed by atoms with Crippen molar-refractivity contribution < 1.29 is 14.4 Å². The van der Waals surface area contributed by atoms with Gasteiger partial charge >= 0.3 is 0 Å². The minimum Gasteiger partial charge on any atom is -0.356 e. The lowest BCUT2D eigenvalue weighted by Crippen LogP contribution is -2.49. The van der Waals surface area contributed by atoms with E-state index in [-0.39, 0.29) is 34.3 Å². The van der Waals surface area contributed by atoms with Crippen LogP contribution in [0.25, 0.3) is 0 Å². The van der Waals surface area contributed by atoms with Gasteiger partial charge in [0, 0.05) is 37.2 Å². The number of nitrogens with one attached hydrogen (secondary N) is 2. The van der Waals surface area contributed by atoms with Crippen LogP contribution < -0.4 is 10.6 Å². The van der Waals surface area contributed by atoms with Gasteiger partial charge in [-0.05, 0) is 42.2 Å². The molecule has 0 aromatic heterocycles. The Morgan fingerprint density at radius 1 is 1.03 bits per heavy atom. The second-order valence-corrected chi connectivity index (χ2v) is 10.7. The zero-order valence-corrected chi connectivity index (χ0v) is 20.1. The number of carbonyl (C=O) groups excluding carboxylic acids is 3. The van der Waals surface area contributed by atoms with E-state index in [0.717, 1.165) is 25.7 Å². The summed E-state index contributed by atoms with van der Waals surface area (Å²) in [6.45, 7) is 1.98. The summed E-state index contributed by atoms with van der Waals surface area (Å²) >= 11 is 1.17. The molecule has 3 amide bonds. The number of amides is 3. The highest BCUT2D eigenvalue weighted by Gasteiger charge is 2.58. The van der Waals surface area contributed by atoms with Crippen molar-refractivity contribution in [2.75, 3.05) is 25.4 Å². The van der Waals surface area contributed by atoms with E-state index in [1.807, 2.05) is 17.0 Å². The first-order chi connectivity index (χ1) is 16.6. The highest BCUT2D eigenvalue weighted by molar-refractivity contribution is 8.14. The second-order valence-electron chi connectivity index (χ2n) is 9.69. The van der Waals surface area contributed by atoms with Gasteiger partial charge in [-0.2, -0.15) is 0 Å². The maximum atomic E-state index is 13.0. The van der Waals surface area contributed by atoms with Crippen LogP contribution in [0.1, 0.15) is 42.7 Å². The zero-order chi connectivity index (χ0) is 23.5. The Labute approximate surface area is 204 Å². The Hall–Kier alpha value is -2.80. The molecule has 178 valence electrons. The second kappa shape index (κ2) is 9.82.